The molecule has 1 nitrogen and oxygen atoms in total. The third-order valence-electron chi connectivity index (χ3n) is 5.37. The van der Waals surface area contributed by atoms with Crippen LogP contribution in [0.25, 0.3) is 0 Å². The van der Waals surface area contributed by atoms with E-state index in [2.05, 4.69) is 65.8 Å². The Morgan fingerprint density at radius 2 is 0.840 bits per heavy atom. The molecular formula is C24H34O. The molecule has 0 unspecified atom stereocenters. The van der Waals surface area contributed by atoms with Gasteiger partial charge in [-0.3, -0.25) is 0 Å². The Morgan fingerprint density at radius 3 is 1.12 bits per heavy atom. The van der Waals surface area contributed by atoms with Gasteiger partial charge in [-0.05, 0) is 84.0 Å². The van der Waals surface area contributed by atoms with Crippen LogP contribution in [-0.4, -0.2) is 0 Å². The smallest absolute Gasteiger partial charge is 0.130 e. The van der Waals surface area contributed by atoms with Gasteiger partial charge < -0.3 is 4.74 Å². The van der Waals surface area contributed by atoms with Gasteiger partial charge in [0.2, 0.25) is 0 Å². The summed E-state index contributed by atoms with van der Waals surface area (Å²) in [5, 5.41) is 0. The zero-order chi connectivity index (χ0) is 18.4. The van der Waals surface area contributed by atoms with E-state index in [0.717, 1.165) is 50.0 Å². The Morgan fingerprint density at radius 1 is 0.480 bits per heavy atom. The molecule has 0 aliphatic heterocycles. The van der Waals surface area contributed by atoms with Crippen LogP contribution in [0.4, 0.5) is 0 Å². The molecule has 136 valence electrons. The number of ether oxygens (including phenoxy) is 1. The molecule has 0 aromatic heterocycles. The maximum Gasteiger partial charge on any atom is 0.130 e. The summed E-state index contributed by atoms with van der Waals surface area (Å²) < 4.78 is 6.51. The Hall–Kier alpha value is -1.76. The molecule has 2 aromatic carbocycles. The fraction of sp³-hybridized carbons (Fsp3) is 0.500. The van der Waals surface area contributed by atoms with Gasteiger partial charge in [-0.2, -0.15) is 0 Å². The van der Waals surface area contributed by atoms with Crippen LogP contribution in [0.5, 0.6) is 11.5 Å². The molecule has 0 N–H and O–H groups in total. The van der Waals surface area contributed by atoms with Crippen molar-refractivity contribution in [2.75, 3.05) is 0 Å². The first kappa shape index (κ1) is 19.6. The van der Waals surface area contributed by atoms with E-state index in [1.807, 2.05) is 0 Å². The summed E-state index contributed by atoms with van der Waals surface area (Å²) in [6, 6.07) is 8.85. The molecule has 0 heterocycles. The van der Waals surface area contributed by atoms with Crippen LogP contribution in [0, 0.1) is 0 Å². The van der Waals surface area contributed by atoms with Gasteiger partial charge in [0.15, 0.2) is 0 Å². The van der Waals surface area contributed by atoms with E-state index in [1.165, 1.54) is 33.4 Å². The standard InChI is InChI=1S/C24H34O/c1-7-17-13-15-23(21(11-5)19(17)9-3)25-24-16-14-18(8-2)20(10-4)22(24)12-6/h13-16H,7-12H2,1-6H3. The first-order valence-corrected chi connectivity index (χ1v) is 10.1. The topological polar surface area (TPSA) is 9.23 Å². The lowest BCUT2D eigenvalue weighted by atomic mass is 9.93. The lowest BCUT2D eigenvalue weighted by Gasteiger charge is -2.20. The van der Waals surface area contributed by atoms with E-state index in [0.29, 0.717) is 0 Å². The van der Waals surface area contributed by atoms with Crippen LogP contribution in [0.1, 0.15) is 74.9 Å². The minimum absolute atomic E-state index is 1.02. The Bertz CT molecular complexity index is 651. The zero-order valence-electron chi connectivity index (χ0n) is 17.0. The molecular weight excluding hydrogens is 304 g/mol. The van der Waals surface area contributed by atoms with E-state index in [1.54, 1.807) is 0 Å². The van der Waals surface area contributed by atoms with Gasteiger partial charge in [0, 0.05) is 0 Å². The van der Waals surface area contributed by atoms with Crippen molar-refractivity contribution in [2.45, 2.75) is 80.1 Å². The zero-order valence-corrected chi connectivity index (χ0v) is 17.0. The minimum atomic E-state index is 1.02. The molecule has 25 heavy (non-hydrogen) atoms. The van der Waals surface area contributed by atoms with Crippen LogP contribution in [0.2, 0.25) is 0 Å². The summed E-state index contributed by atoms with van der Waals surface area (Å²) >= 11 is 0. The lowest BCUT2D eigenvalue weighted by Crippen LogP contribution is -2.04. The molecule has 0 radical (unpaired) electrons. The van der Waals surface area contributed by atoms with Crippen molar-refractivity contribution >= 4 is 0 Å². The quantitative estimate of drug-likeness (QED) is 0.511. The molecule has 1 heteroatoms. The lowest BCUT2D eigenvalue weighted by molar-refractivity contribution is 0.468. The maximum atomic E-state index is 6.51. The van der Waals surface area contributed by atoms with Crippen LogP contribution in [0.15, 0.2) is 24.3 Å². The number of benzene rings is 2. The molecule has 0 aliphatic carbocycles. The molecule has 0 amide bonds. The highest BCUT2D eigenvalue weighted by atomic mass is 16.5. The van der Waals surface area contributed by atoms with Gasteiger partial charge in [-0.1, -0.05) is 53.7 Å². The summed E-state index contributed by atoms with van der Waals surface area (Å²) in [5.41, 5.74) is 8.61. The average molecular weight is 339 g/mol. The highest BCUT2D eigenvalue weighted by Crippen LogP contribution is 2.35. The van der Waals surface area contributed by atoms with Crippen LogP contribution in [-0.2, 0) is 38.5 Å². The highest BCUT2D eigenvalue weighted by molar-refractivity contribution is 5.51. The van der Waals surface area contributed by atoms with Crippen molar-refractivity contribution in [1.82, 2.24) is 0 Å². The summed E-state index contributed by atoms with van der Waals surface area (Å²) in [7, 11) is 0. The van der Waals surface area contributed by atoms with Crippen molar-refractivity contribution in [3.05, 3.63) is 57.6 Å². The monoisotopic (exact) mass is 338 g/mol. The molecule has 0 atom stereocenters. The molecule has 0 saturated carbocycles. The minimum Gasteiger partial charge on any atom is -0.457 e. The number of hydrogen-bond donors (Lipinski definition) is 0. The number of hydrogen-bond acceptors (Lipinski definition) is 1. The molecule has 0 saturated heterocycles. The van der Waals surface area contributed by atoms with Crippen LogP contribution >= 0.6 is 0 Å². The van der Waals surface area contributed by atoms with Crippen molar-refractivity contribution in [3.8, 4) is 11.5 Å². The van der Waals surface area contributed by atoms with Crippen molar-refractivity contribution in [3.63, 3.8) is 0 Å². The van der Waals surface area contributed by atoms with Gasteiger partial charge >= 0.3 is 0 Å². The van der Waals surface area contributed by atoms with Crippen LogP contribution in [0.3, 0.4) is 0 Å². The number of rotatable bonds is 8. The van der Waals surface area contributed by atoms with Crippen molar-refractivity contribution in [1.29, 1.82) is 0 Å². The van der Waals surface area contributed by atoms with Gasteiger partial charge in [0.05, 0.1) is 0 Å². The first-order chi connectivity index (χ1) is 12.1. The highest BCUT2D eigenvalue weighted by Gasteiger charge is 2.15. The third kappa shape index (κ3) is 3.92. The van der Waals surface area contributed by atoms with Crippen LogP contribution < -0.4 is 4.74 Å². The SMILES string of the molecule is CCc1ccc(Oc2ccc(CC)c(CC)c2CC)c(CC)c1CC. The normalized spacial score (nSPS) is 11.0. The summed E-state index contributed by atoms with van der Waals surface area (Å²) in [6.45, 7) is 13.4. The molecule has 0 bridgehead atoms. The van der Waals surface area contributed by atoms with Crippen molar-refractivity contribution < 1.29 is 4.74 Å². The Kier molecular flexibility index (Phi) is 7.11. The largest absolute Gasteiger partial charge is 0.457 e. The fourth-order valence-electron chi connectivity index (χ4n) is 4.07. The molecule has 0 aliphatic rings. The predicted molar refractivity (Wildman–Crippen MR) is 109 cm³/mol. The van der Waals surface area contributed by atoms with Gasteiger partial charge in [0.1, 0.15) is 11.5 Å². The second-order valence-electron chi connectivity index (χ2n) is 6.58. The van der Waals surface area contributed by atoms with E-state index in [-0.39, 0.29) is 0 Å². The molecule has 0 spiro atoms. The van der Waals surface area contributed by atoms with E-state index < -0.39 is 0 Å². The second-order valence-corrected chi connectivity index (χ2v) is 6.58. The van der Waals surface area contributed by atoms with Gasteiger partial charge in [-0.15, -0.1) is 0 Å². The van der Waals surface area contributed by atoms with Gasteiger partial charge in [0.25, 0.3) is 0 Å². The molecule has 2 rings (SSSR count). The Balaban J connectivity index is 2.53. The summed E-state index contributed by atoms with van der Waals surface area (Å²) in [6.07, 6.45) is 6.34. The maximum absolute atomic E-state index is 6.51. The summed E-state index contributed by atoms with van der Waals surface area (Å²) in [4.78, 5) is 0. The predicted octanol–water partition coefficient (Wildman–Crippen LogP) is 6.85. The van der Waals surface area contributed by atoms with Crippen molar-refractivity contribution in [2.24, 2.45) is 0 Å². The molecule has 2 aromatic rings. The molecule has 0 fully saturated rings. The number of aryl methyl sites for hydroxylation is 2. The second kappa shape index (κ2) is 9.08. The average Bonchev–Trinajstić information content (AvgIpc) is 2.66. The fourth-order valence-corrected chi connectivity index (χ4v) is 4.07. The van der Waals surface area contributed by atoms with Gasteiger partial charge in [-0.25, -0.2) is 0 Å². The summed E-state index contributed by atoms with van der Waals surface area (Å²) in [5.74, 6) is 2.08. The van der Waals surface area contributed by atoms with E-state index in [9.17, 15) is 0 Å². The first-order valence-electron chi connectivity index (χ1n) is 10.1. The Labute approximate surface area is 154 Å². The third-order valence-corrected chi connectivity index (χ3v) is 5.37. The van der Waals surface area contributed by atoms with E-state index >= 15 is 0 Å². The van der Waals surface area contributed by atoms with E-state index in [4.69, 9.17) is 4.74 Å².